The molecule has 0 N–H and O–H groups in total. The largest absolute Gasteiger partial charge is 0.493 e. The van der Waals surface area contributed by atoms with E-state index in [2.05, 4.69) is 33.3 Å². The molecule has 29 heavy (non-hydrogen) atoms. The molecule has 0 bridgehead atoms. The SMILES string of the molecule is COc1cc2nncc(N3CCOC(c4ccc5c(c4)CCO5)C3)c2cc1OC. The maximum absolute atomic E-state index is 6.11. The van der Waals surface area contributed by atoms with Gasteiger partial charge in [0, 0.05) is 31.0 Å². The lowest BCUT2D eigenvalue weighted by atomic mass is 10.0. The lowest BCUT2D eigenvalue weighted by molar-refractivity contribution is 0.0398. The molecule has 2 aliphatic heterocycles. The molecule has 5 rings (SSSR count). The normalized spacial score (nSPS) is 18.4. The number of morpholine rings is 1. The van der Waals surface area contributed by atoms with E-state index >= 15 is 0 Å². The van der Waals surface area contributed by atoms with Crippen molar-refractivity contribution in [2.45, 2.75) is 12.5 Å². The fourth-order valence-corrected chi connectivity index (χ4v) is 4.10. The Balaban J connectivity index is 1.48. The van der Waals surface area contributed by atoms with Crippen molar-refractivity contribution in [2.75, 3.05) is 45.4 Å². The summed E-state index contributed by atoms with van der Waals surface area (Å²) < 4.78 is 22.6. The Labute approximate surface area is 169 Å². The van der Waals surface area contributed by atoms with E-state index in [4.69, 9.17) is 18.9 Å². The van der Waals surface area contributed by atoms with Crippen LogP contribution in [0.15, 0.2) is 36.5 Å². The summed E-state index contributed by atoms with van der Waals surface area (Å²) in [7, 11) is 3.26. The van der Waals surface area contributed by atoms with E-state index in [1.54, 1.807) is 14.2 Å². The van der Waals surface area contributed by atoms with Gasteiger partial charge in [0.1, 0.15) is 11.9 Å². The Morgan fingerprint density at radius 2 is 1.93 bits per heavy atom. The van der Waals surface area contributed by atoms with Crippen LogP contribution in [0.5, 0.6) is 17.2 Å². The van der Waals surface area contributed by atoms with Crippen LogP contribution in [0.1, 0.15) is 17.2 Å². The highest BCUT2D eigenvalue weighted by molar-refractivity contribution is 5.93. The summed E-state index contributed by atoms with van der Waals surface area (Å²) in [5, 5.41) is 9.49. The zero-order chi connectivity index (χ0) is 19.8. The summed E-state index contributed by atoms with van der Waals surface area (Å²) in [5.74, 6) is 2.32. The summed E-state index contributed by atoms with van der Waals surface area (Å²) >= 11 is 0. The summed E-state index contributed by atoms with van der Waals surface area (Å²) in [6.45, 7) is 2.94. The van der Waals surface area contributed by atoms with Gasteiger partial charge in [-0.3, -0.25) is 0 Å². The Bertz CT molecular complexity index is 1060. The van der Waals surface area contributed by atoms with E-state index in [1.165, 1.54) is 11.1 Å². The van der Waals surface area contributed by atoms with Crippen molar-refractivity contribution >= 4 is 16.6 Å². The maximum atomic E-state index is 6.11. The number of rotatable bonds is 4. The number of ether oxygens (including phenoxy) is 4. The lowest BCUT2D eigenvalue weighted by Crippen LogP contribution is -2.38. The summed E-state index contributed by atoms with van der Waals surface area (Å²) in [6.07, 6.45) is 2.77. The Hall–Kier alpha value is -3.06. The average Bonchev–Trinajstić information content (AvgIpc) is 3.25. The molecule has 7 nitrogen and oxygen atoms in total. The first-order valence-corrected chi connectivity index (χ1v) is 9.76. The number of hydrogen-bond donors (Lipinski definition) is 0. The van der Waals surface area contributed by atoms with Gasteiger partial charge in [0.15, 0.2) is 11.5 Å². The van der Waals surface area contributed by atoms with Gasteiger partial charge >= 0.3 is 0 Å². The molecule has 1 atom stereocenters. The van der Waals surface area contributed by atoms with Crippen molar-refractivity contribution in [1.29, 1.82) is 0 Å². The van der Waals surface area contributed by atoms with Crippen LogP contribution in [0.25, 0.3) is 10.9 Å². The Kier molecular flexibility index (Phi) is 4.60. The predicted molar refractivity (Wildman–Crippen MR) is 109 cm³/mol. The molecule has 1 saturated heterocycles. The molecule has 0 spiro atoms. The second-order valence-corrected chi connectivity index (χ2v) is 7.23. The molecule has 7 heteroatoms. The number of fused-ring (bicyclic) bond motifs is 2. The number of methoxy groups -OCH3 is 2. The number of benzene rings is 2. The van der Waals surface area contributed by atoms with Crippen molar-refractivity contribution in [3.8, 4) is 17.2 Å². The molecule has 150 valence electrons. The number of aromatic nitrogens is 2. The van der Waals surface area contributed by atoms with Gasteiger partial charge in [-0.25, -0.2) is 0 Å². The van der Waals surface area contributed by atoms with Crippen molar-refractivity contribution in [2.24, 2.45) is 0 Å². The minimum absolute atomic E-state index is 0.00184. The molecular weight excluding hydrogens is 370 g/mol. The molecule has 0 aliphatic carbocycles. The van der Waals surface area contributed by atoms with Crippen LogP contribution in [0.3, 0.4) is 0 Å². The number of nitrogens with zero attached hydrogens (tertiary/aromatic N) is 3. The number of anilines is 1. The molecule has 3 heterocycles. The van der Waals surface area contributed by atoms with Gasteiger partial charge in [0.25, 0.3) is 0 Å². The quantitative estimate of drug-likeness (QED) is 0.675. The fourth-order valence-electron chi connectivity index (χ4n) is 4.10. The van der Waals surface area contributed by atoms with E-state index in [1.807, 2.05) is 18.3 Å². The van der Waals surface area contributed by atoms with Crippen LogP contribution in [0, 0.1) is 0 Å². The standard InChI is InChI=1S/C22H23N3O4/c1-26-20-10-16-17(11-21(20)27-2)24-23-12-18(16)25-6-8-29-22(13-25)14-3-4-19-15(9-14)5-7-28-19/h3-4,9-12,22H,5-8,13H2,1-2H3. The first kappa shape index (κ1) is 18.0. The first-order chi connectivity index (χ1) is 14.3. The van der Waals surface area contributed by atoms with E-state index in [-0.39, 0.29) is 6.10 Å². The molecule has 1 unspecified atom stereocenters. The molecule has 2 aliphatic rings. The highest BCUT2D eigenvalue weighted by atomic mass is 16.5. The van der Waals surface area contributed by atoms with Gasteiger partial charge in [-0.15, -0.1) is 0 Å². The summed E-state index contributed by atoms with van der Waals surface area (Å²) in [5.41, 5.74) is 4.24. The van der Waals surface area contributed by atoms with Gasteiger partial charge < -0.3 is 23.8 Å². The Morgan fingerprint density at radius 1 is 1.07 bits per heavy atom. The third-order valence-corrected chi connectivity index (χ3v) is 5.62. The zero-order valence-electron chi connectivity index (χ0n) is 16.6. The van der Waals surface area contributed by atoms with Gasteiger partial charge in [-0.2, -0.15) is 10.2 Å². The van der Waals surface area contributed by atoms with Crippen LogP contribution in [0.4, 0.5) is 5.69 Å². The highest BCUT2D eigenvalue weighted by Gasteiger charge is 2.25. The molecule has 0 saturated carbocycles. The average molecular weight is 393 g/mol. The topological polar surface area (TPSA) is 65.9 Å². The van der Waals surface area contributed by atoms with Crippen LogP contribution >= 0.6 is 0 Å². The molecule has 0 radical (unpaired) electrons. The van der Waals surface area contributed by atoms with Gasteiger partial charge in [0.2, 0.25) is 0 Å². The van der Waals surface area contributed by atoms with Crippen molar-refractivity contribution in [3.05, 3.63) is 47.7 Å². The monoisotopic (exact) mass is 393 g/mol. The van der Waals surface area contributed by atoms with E-state index in [0.29, 0.717) is 18.1 Å². The van der Waals surface area contributed by atoms with Crippen molar-refractivity contribution < 1.29 is 18.9 Å². The van der Waals surface area contributed by atoms with Crippen molar-refractivity contribution in [1.82, 2.24) is 10.2 Å². The fraction of sp³-hybridized carbons (Fsp3) is 0.364. The second kappa shape index (κ2) is 7.40. The van der Waals surface area contributed by atoms with Crippen LogP contribution in [-0.4, -0.2) is 50.7 Å². The summed E-state index contributed by atoms with van der Waals surface area (Å²) in [4.78, 5) is 2.31. The lowest BCUT2D eigenvalue weighted by Gasteiger charge is -2.35. The minimum Gasteiger partial charge on any atom is -0.493 e. The Morgan fingerprint density at radius 3 is 2.79 bits per heavy atom. The molecule has 3 aromatic rings. The molecule has 1 fully saturated rings. The predicted octanol–water partition coefficient (Wildman–Crippen LogP) is 3.16. The van der Waals surface area contributed by atoms with Crippen LogP contribution in [-0.2, 0) is 11.2 Å². The molecule has 2 aromatic carbocycles. The van der Waals surface area contributed by atoms with Gasteiger partial charge in [-0.1, -0.05) is 6.07 Å². The van der Waals surface area contributed by atoms with Gasteiger partial charge in [0.05, 0.1) is 44.8 Å². The van der Waals surface area contributed by atoms with Crippen LogP contribution < -0.4 is 19.1 Å². The van der Waals surface area contributed by atoms with Crippen LogP contribution in [0.2, 0.25) is 0 Å². The van der Waals surface area contributed by atoms with E-state index < -0.39 is 0 Å². The highest BCUT2D eigenvalue weighted by Crippen LogP contribution is 2.37. The summed E-state index contributed by atoms with van der Waals surface area (Å²) in [6, 6.07) is 10.2. The smallest absolute Gasteiger partial charge is 0.162 e. The van der Waals surface area contributed by atoms with Crippen molar-refractivity contribution in [3.63, 3.8) is 0 Å². The first-order valence-electron chi connectivity index (χ1n) is 9.76. The maximum Gasteiger partial charge on any atom is 0.162 e. The molecular formula is C22H23N3O4. The van der Waals surface area contributed by atoms with E-state index in [0.717, 1.165) is 48.5 Å². The minimum atomic E-state index is -0.00184. The third-order valence-electron chi connectivity index (χ3n) is 5.62. The van der Waals surface area contributed by atoms with Gasteiger partial charge in [-0.05, 0) is 29.3 Å². The zero-order valence-corrected chi connectivity index (χ0v) is 16.6. The molecule has 1 aromatic heterocycles. The molecule has 0 amide bonds. The van der Waals surface area contributed by atoms with E-state index in [9.17, 15) is 0 Å². The second-order valence-electron chi connectivity index (χ2n) is 7.23. The number of hydrogen-bond acceptors (Lipinski definition) is 7. The third kappa shape index (κ3) is 3.21.